The highest BCUT2D eigenvalue weighted by molar-refractivity contribution is 9.10. The topological polar surface area (TPSA) is 86.3 Å². The predicted molar refractivity (Wildman–Crippen MR) is 122 cm³/mol. The molecule has 1 N–H and O–H groups in total. The molecule has 0 saturated heterocycles. The van der Waals surface area contributed by atoms with E-state index in [0.717, 1.165) is 44.9 Å². The molecule has 0 saturated carbocycles. The largest absolute Gasteiger partial charge is 0.382 e. The number of hydrogen-bond donors (Lipinski definition) is 1. The quantitative estimate of drug-likeness (QED) is 0.573. The molecular weight excluding hydrogens is 460 g/mol. The molecule has 3 heterocycles. The van der Waals surface area contributed by atoms with Gasteiger partial charge >= 0.3 is 0 Å². The van der Waals surface area contributed by atoms with Crippen LogP contribution in [0.4, 0.5) is 5.69 Å². The lowest BCUT2D eigenvalue weighted by Gasteiger charge is -2.10. The highest BCUT2D eigenvalue weighted by Gasteiger charge is 2.31. The van der Waals surface area contributed by atoms with Crippen LogP contribution in [0.25, 0.3) is 0 Å². The van der Waals surface area contributed by atoms with Crippen molar-refractivity contribution in [3.05, 3.63) is 63.1 Å². The molecule has 0 bridgehead atoms. The Balaban J connectivity index is 1.44. The second-order valence-corrected chi connectivity index (χ2v) is 8.55. The summed E-state index contributed by atoms with van der Waals surface area (Å²) in [6.07, 6.45) is 1.68. The number of oxime groups is 1. The summed E-state index contributed by atoms with van der Waals surface area (Å²) < 4.78 is 4.79. The lowest BCUT2D eigenvalue weighted by molar-refractivity contribution is -0.125. The van der Waals surface area contributed by atoms with Crippen LogP contribution >= 0.6 is 15.9 Å². The van der Waals surface area contributed by atoms with Gasteiger partial charge in [-0.3, -0.25) is 14.2 Å². The summed E-state index contributed by atoms with van der Waals surface area (Å²) >= 11 is 3.45. The molecule has 9 heteroatoms. The second kappa shape index (κ2) is 8.66. The molecule has 4 rings (SSSR count). The molecule has 31 heavy (non-hydrogen) atoms. The Labute approximate surface area is 189 Å². The molecule has 2 aromatic heterocycles. The van der Waals surface area contributed by atoms with E-state index in [4.69, 9.17) is 4.84 Å². The zero-order valence-electron chi connectivity index (χ0n) is 18.0. The van der Waals surface area contributed by atoms with Gasteiger partial charge in [-0.15, -0.1) is 0 Å². The second-order valence-electron chi connectivity index (χ2n) is 7.64. The molecule has 1 aromatic carbocycles. The third kappa shape index (κ3) is 4.41. The Morgan fingerprint density at radius 3 is 2.61 bits per heavy atom. The predicted octanol–water partition coefficient (Wildman–Crippen LogP) is 3.97. The zero-order chi connectivity index (χ0) is 22.1. The highest BCUT2D eigenvalue weighted by Crippen LogP contribution is 2.24. The molecule has 1 aliphatic rings. The van der Waals surface area contributed by atoms with Gasteiger partial charge in [0.25, 0.3) is 5.91 Å². The fraction of sp³-hybridized carbons (Fsp3) is 0.364. The third-order valence-corrected chi connectivity index (χ3v) is 5.95. The highest BCUT2D eigenvalue weighted by atomic mass is 79.9. The first-order valence-electron chi connectivity index (χ1n) is 10.2. The molecule has 0 fully saturated rings. The van der Waals surface area contributed by atoms with Gasteiger partial charge in [-0.05, 0) is 45.4 Å². The van der Waals surface area contributed by atoms with Gasteiger partial charge in [-0.1, -0.05) is 33.2 Å². The zero-order valence-corrected chi connectivity index (χ0v) is 19.6. The van der Waals surface area contributed by atoms with Crippen LogP contribution in [0.3, 0.4) is 0 Å². The normalized spacial score (nSPS) is 15.6. The van der Waals surface area contributed by atoms with E-state index in [1.54, 1.807) is 0 Å². The number of nitrogens with zero attached hydrogens (tertiary/aromatic N) is 5. The maximum Gasteiger partial charge on any atom is 0.268 e. The number of nitrogens with one attached hydrogen (secondary N) is 1. The van der Waals surface area contributed by atoms with Crippen molar-refractivity contribution in [2.75, 3.05) is 5.32 Å². The van der Waals surface area contributed by atoms with Crippen LogP contribution in [0, 0.1) is 20.8 Å². The molecule has 0 radical (unpaired) electrons. The molecule has 1 unspecified atom stereocenters. The molecule has 1 aliphatic heterocycles. The fourth-order valence-corrected chi connectivity index (χ4v) is 3.90. The minimum absolute atomic E-state index is 0.228. The van der Waals surface area contributed by atoms with E-state index < -0.39 is 6.10 Å². The summed E-state index contributed by atoms with van der Waals surface area (Å²) in [6.45, 7) is 9.21. The first-order chi connectivity index (χ1) is 14.9. The van der Waals surface area contributed by atoms with E-state index in [9.17, 15) is 4.79 Å². The summed E-state index contributed by atoms with van der Waals surface area (Å²) in [5, 5.41) is 16.2. The average molecular weight is 485 g/mol. The van der Waals surface area contributed by atoms with Crippen LogP contribution in [-0.4, -0.2) is 37.3 Å². The number of hydrogen-bond acceptors (Lipinski definition) is 5. The van der Waals surface area contributed by atoms with Crippen LogP contribution in [0.2, 0.25) is 0 Å². The van der Waals surface area contributed by atoms with Crippen molar-refractivity contribution in [1.82, 2.24) is 19.6 Å². The monoisotopic (exact) mass is 484 g/mol. The van der Waals surface area contributed by atoms with Gasteiger partial charge in [0.1, 0.15) is 0 Å². The Morgan fingerprint density at radius 2 is 1.94 bits per heavy atom. The number of aromatic nitrogens is 4. The van der Waals surface area contributed by atoms with Crippen molar-refractivity contribution in [3.63, 3.8) is 0 Å². The molecule has 1 amide bonds. The lowest BCUT2D eigenvalue weighted by Crippen LogP contribution is -2.28. The summed E-state index contributed by atoms with van der Waals surface area (Å²) in [4.78, 5) is 18.3. The molecule has 8 nitrogen and oxygen atoms in total. The van der Waals surface area contributed by atoms with Crippen molar-refractivity contribution >= 4 is 33.2 Å². The van der Waals surface area contributed by atoms with Crippen LogP contribution in [0.5, 0.6) is 0 Å². The number of anilines is 1. The molecule has 0 spiro atoms. The standard InChI is InChI=1S/C22H25BrN6O2/c1-5-28-12-18(13(2)25-28)19-10-20(31-27-19)22(30)24-21-14(3)26-29(15(21)4)11-16-6-8-17(23)9-7-16/h6-9,12,20H,5,10-11H2,1-4H3,(H,24,30). The minimum atomic E-state index is -0.673. The number of benzene rings is 1. The van der Waals surface area contributed by atoms with Crippen LogP contribution < -0.4 is 5.32 Å². The summed E-state index contributed by atoms with van der Waals surface area (Å²) in [5.41, 5.74) is 6.06. The van der Waals surface area contributed by atoms with Crippen molar-refractivity contribution in [2.45, 2.75) is 53.3 Å². The number of rotatable bonds is 6. The Hall–Kier alpha value is -2.94. The molecule has 3 aromatic rings. The van der Waals surface area contributed by atoms with Gasteiger partial charge < -0.3 is 10.2 Å². The molecule has 1 atom stereocenters. The fourth-order valence-electron chi connectivity index (χ4n) is 3.64. The summed E-state index contributed by atoms with van der Waals surface area (Å²) in [7, 11) is 0. The van der Waals surface area contributed by atoms with Gasteiger partial charge in [0.2, 0.25) is 6.10 Å². The van der Waals surface area contributed by atoms with Crippen molar-refractivity contribution in [1.29, 1.82) is 0 Å². The number of carbonyl (C=O) groups excluding carboxylic acids is 1. The number of aryl methyl sites for hydroxylation is 3. The molecular formula is C22H25BrN6O2. The summed E-state index contributed by atoms with van der Waals surface area (Å²) in [5.74, 6) is -0.228. The SMILES string of the molecule is CCn1cc(C2=NOC(C(=O)Nc3c(C)nn(Cc4ccc(Br)cc4)c3C)C2)c(C)n1. The Morgan fingerprint density at radius 1 is 1.19 bits per heavy atom. The first-order valence-corrected chi connectivity index (χ1v) is 11.0. The average Bonchev–Trinajstić information content (AvgIpc) is 3.44. The Kier molecular flexibility index (Phi) is 5.95. The summed E-state index contributed by atoms with van der Waals surface area (Å²) in [6, 6.07) is 8.11. The van der Waals surface area contributed by atoms with Crippen LogP contribution in [-0.2, 0) is 22.7 Å². The van der Waals surface area contributed by atoms with Crippen LogP contribution in [0.15, 0.2) is 40.1 Å². The van der Waals surface area contributed by atoms with E-state index in [1.165, 1.54) is 0 Å². The maximum atomic E-state index is 12.9. The van der Waals surface area contributed by atoms with Gasteiger partial charge in [0.15, 0.2) is 0 Å². The van der Waals surface area contributed by atoms with E-state index in [1.807, 2.05) is 67.5 Å². The smallest absolute Gasteiger partial charge is 0.268 e. The van der Waals surface area contributed by atoms with Gasteiger partial charge in [-0.25, -0.2) is 0 Å². The van der Waals surface area contributed by atoms with Gasteiger partial charge in [-0.2, -0.15) is 10.2 Å². The number of carbonyl (C=O) groups is 1. The first kappa shape index (κ1) is 21.3. The van der Waals surface area contributed by atoms with Gasteiger partial charge in [0.05, 0.1) is 35.0 Å². The van der Waals surface area contributed by atoms with E-state index in [-0.39, 0.29) is 5.91 Å². The van der Waals surface area contributed by atoms with Crippen molar-refractivity contribution in [2.24, 2.45) is 5.16 Å². The lowest BCUT2D eigenvalue weighted by atomic mass is 10.1. The van der Waals surface area contributed by atoms with E-state index in [0.29, 0.717) is 18.7 Å². The van der Waals surface area contributed by atoms with E-state index in [2.05, 4.69) is 36.6 Å². The van der Waals surface area contributed by atoms with E-state index >= 15 is 0 Å². The third-order valence-electron chi connectivity index (χ3n) is 5.42. The van der Waals surface area contributed by atoms with Crippen molar-refractivity contribution < 1.29 is 9.63 Å². The number of amides is 1. The number of halogens is 1. The minimum Gasteiger partial charge on any atom is -0.382 e. The molecule has 162 valence electrons. The maximum absolute atomic E-state index is 12.9. The van der Waals surface area contributed by atoms with Gasteiger partial charge in [0, 0.05) is 29.2 Å². The van der Waals surface area contributed by atoms with Crippen molar-refractivity contribution in [3.8, 4) is 0 Å². The Bertz CT molecular complexity index is 1150. The van der Waals surface area contributed by atoms with Crippen LogP contribution in [0.1, 0.15) is 41.6 Å². The molecule has 0 aliphatic carbocycles.